The van der Waals surface area contributed by atoms with E-state index in [-0.39, 0.29) is 36.0 Å². The number of nitrogens with one attached hydrogen (secondary N) is 3. The molecule has 3 aromatic rings. The zero-order valence-electron chi connectivity index (χ0n) is 21.7. The topological polar surface area (TPSA) is 113 Å². The third-order valence-electron chi connectivity index (χ3n) is 6.83. The molecular weight excluding hydrogens is 502 g/mol. The number of hydrogen-bond donors (Lipinski definition) is 3. The number of aromatic nitrogens is 1. The lowest BCUT2D eigenvalue weighted by atomic mass is 9.90. The van der Waals surface area contributed by atoms with Crippen LogP contribution in [0.1, 0.15) is 54.8 Å². The van der Waals surface area contributed by atoms with Crippen LogP contribution in [0.4, 0.5) is 21.9 Å². The van der Waals surface area contributed by atoms with Crippen LogP contribution in [-0.2, 0) is 4.79 Å². The number of amides is 4. The van der Waals surface area contributed by atoms with Crippen molar-refractivity contribution in [1.29, 1.82) is 0 Å². The fourth-order valence-electron chi connectivity index (χ4n) is 5.16. The Morgan fingerprint density at radius 1 is 1.18 bits per heavy atom. The predicted molar refractivity (Wildman–Crippen MR) is 150 cm³/mol. The van der Waals surface area contributed by atoms with Gasteiger partial charge < -0.3 is 20.7 Å². The molecular formula is C28H31N5O4S. The molecule has 0 unspecified atom stereocenters. The molecule has 1 saturated carbocycles. The number of anilines is 3. The van der Waals surface area contributed by atoms with Gasteiger partial charge in [-0.25, -0.2) is 9.78 Å². The summed E-state index contributed by atoms with van der Waals surface area (Å²) >= 11 is 1.24. The van der Waals surface area contributed by atoms with Gasteiger partial charge in [0.1, 0.15) is 15.5 Å². The first-order valence-electron chi connectivity index (χ1n) is 12.8. The monoisotopic (exact) mass is 533 g/mol. The molecule has 1 aromatic carbocycles. The number of benzene rings is 1. The van der Waals surface area contributed by atoms with Gasteiger partial charge in [0.25, 0.3) is 5.91 Å². The standard InChI is InChI=1S/C28H31N5O4S/c1-5-22(34)30-18-8-6-7-9-19(18)31-26(35)25-24-23-21(12-13-29-27(23)38-25)33(28(36)32-24)20-11-10-17(14-16(20)4)37-15(2)3/h5,10-15,18-19H,1,6-9H2,2-4H3,(H,30,34)(H,31,35)(H,32,36)/t18-,19+/m0/s1. The van der Waals surface area contributed by atoms with Crippen LogP contribution in [0.3, 0.4) is 0 Å². The quantitative estimate of drug-likeness (QED) is 0.351. The largest absolute Gasteiger partial charge is 0.491 e. The van der Waals surface area contributed by atoms with Gasteiger partial charge in [0.05, 0.1) is 28.6 Å². The molecule has 1 fully saturated rings. The summed E-state index contributed by atoms with van der Waals surface area (Å²) in [7, 11) is 0. The molecule has 38 heavy (non-hydrogen) atoms. The average Bonchev–Trinajstić information content (AvgIpc) is 3.25. The van der Waals surface area contributed by atoms with Crippen LogP contribution in [0.2, 0.25) is 0 Å². The fourth-order valence-corrected chi connectivity index (χ4v) is 6.18. The Balaban J connectivity index is 1.47. The van der Waals surface area contributed by atoms with Gasteiger partial charge in [-0.15, -0.1) is 11.3 Å². The second-order valence-electron chi connectivity index (χ2n) is 9.88. The van der Waals surface area contributed by atoms with Crippen molar-refractivity contribution in [2.75, 3.05) is 10.2 Å². The van der Waals surface area contributed by atoms with E-state index in [1.165, 1.54) is 17.4 Å². The lowest BCUT2D eigenvalue weighted by molar-refractivity contribution is -0.117. The molecule has 4 amide bonds. The lowest BCUT2D eigenvalue weighted by Gasteiger charge is -2.32. The van der Waals surface area contributed by atoms with Gasteiger partial charge in [-0.05, 0) is 69.5 Å². The van der Waals surface area contributed by atoms with Crippen LogP contribution in [0, 0.1) is 6.92 Å². The number of aryl methyl sites for hydroxylation is 1. The van der Waals surface area contributed by atoms with E-state index in [0.29, 0.717) is 21.1 Å². The number of carbonyl (C=O) groups is 3. The number of carbonyl (C=O) groups excluding carboxylic acids is 3. The van der Waals surface area contributed by atoms with E-state index in [9.17, 15) is 14.4 Å². The third-order valence-corrected chi connectivity index (χ3v) is 7.93. The molecule has 0 radical (unpaired) electrons. The Hall–Kier alpha value is -3.92. The van der Waals surface area contributed by atoms with Gasteiger partial charge >= 0.3 is 6.03 Å². The number of nitrogens with zero attached hydrogens (tertiary/aromatic N) is 2. The van der Waals surface area contributed by atoms with Crippen molar-refractivity contribution in [3.8, 4) is 5.75 Å². The van der Waals surface area contributed by atoms with Gasteiger partial charge in [-0.1, -0.05) is 19.4 Å². The zero-order chi connectivity index (χ0) is 27.0. The molecule has 2 aromatic heterocycles. The SMILES string of the molecule is C=CC(=O)N[C@H]1CCCC[C@H]1NC(=O)c1sc2nccc3c2c1NC(=O)N3c1ccc(OC(C)C)cc1C. The molecule has 0 spiro atoms. The average molecular weight is 534 g/mol. The van der Waals surface area contributed by atoms with Crippen LogP contribution in [-0.4, -0.2) is 41.0 Å². The Morgan fingerprint density at radius 2 is 1.92 bits per heavy atom. The number of thiophene rings is 1. The Labute approximate surface area is 225 Å². The number of rotatable bonds is 7. The molecule has 2 aliphatic rings. The molecule has 1 aliphatic carbocycles. The van der Waals surface area contributed by atoms with Crippen molar-refractivity contribution >= 4 is 56.5 Å². The molecule has 1 aliphatic heterocycles. The van der Waals surface area contributed by atoms with Crippen LogP contribution < -0.4 is 25.6 Å². The predicted octanol–water partition coefficient (Wildman–Crippen LogP) is 5.42. The second-order valence-corrected chi connectivity index (χ2v) is 10.9. The maximum absolute atomic E-state index is 13.5. The van der Waals surface area contributed by atoms with E-state index < -0.39 is 0 Å². The van der Waals surface area contributed by atoms with E-state index in [4.69, 9.17) is 4.74 Å². The normalized spacial score (nSPS) is 18.7. The van der Waals surface area contributed by atoms with E-state index in [0.717, 1.165) is 48.1 Å². The molecule has 0 bridgehead atoms. The van der Waals surface area contributed by atoms with Crippen molar-refractivity contribution in [2.24, 2.45) is 0 Å². The number of urea groups is 1. The molecule has 3 heterocycles. The lowest BCUT2D eigenvalue weighted by Crippen LogP contribution is -2.52. The maximum atomic E-state index is 13.5. The highest BCUT2D eigenvalue weighted by atomic mass is 32.1. The van der Waals surface area contributed by atoms with Gasteiger partial charge in [0, 0.05) is 18.3 Å². The van der Waals surface area contributed by atoms with Gasteiger partial charge in [0.2, 0.25) is 5.91 Å². The van der Waals surface area contributed by atoms with Crippen molar-refractivity contribution in [1.82, 2.24) is 15.6 Å². The highest BCUT2D eigenvalue weighted by Gasteiger charge is 2.35. The minimum absolute atomic E-state index is 0.0402. The third kappa shape index (κ3) is 4.83. The Morgan fingerprint density at radius 3 is 2.61 bits per heavy atom. The van der Waals surface area contributed by atoms with E-state index in [2.05, 4.69) is 27.5 Å². The summed E-state index contributed by atoms with van der Waals surface area (Å²) < 4.78 is 5.81. The fraction of sp³-hybridized carbons (Fsp3) is 0.357. The van der Waals surface area contributed by atoms with Crippen LogP contribution in [0.5, 0.6) is 5.75 Å². The minimum Gasteiger partial charge on any atom is -0.491 e. The molecule has 5 rings (SSSR count). The highest BCUT2D eigenvalue weighted by molar-refractivity contribution is 7.21. The van der Waals surface area contributed by atoms with Crippen molar-refractivity contribution in [2.45, 2.75) is 64.6 Å². The summed E-state index contributed by atoms with van der Waals surface area (Å²) in [4.78, 5) is 46.0. The summed E-state index contributed by atoms with van der Waals surface area (Å²) in [6, 6.07) is 6.68. The van der Waals surface area contributed by atoms with Crippen molar-refractivity contribution in [3.63, 3.8) is 0 Å². The highest BCUT2D eigenvalue weighted by Crippen LogP contribution is 2.46. The van der Waals surface area contributed by atoms with Gasteiger partial charge in [0.15, 0.2) is 0 Å². The van der Waals surface area contributed by atoms with Gasteiger partial charge in [-0.3, -0.25) is 14.5 Å². The first-order valence-corrected chi connectivity index (χ1v) is 13.6. The summed E-state index contributed by atoms with van der Waals surface area (Å²) in [5.74, 6) is 0.186. The molecule has 10 heteroatoms. The summed E-state index contributed by atoms with van der Waals surface area (Å²) in [6.45, 7) is 9.38. The first kappa shape index (κ1) is 25.7. The molecule has 9 nitrogen and oxygen atoms in total. The van der Waals surface area contributed by atoms with Crippen LogP contribution in [0.15, 0.2) is 43.1 Å². The van der Waals surface area contributed by atoms with Crippen LogP contribution >= 0.6 is 11.3 Å². The summed E-state index contributed by atoms with van der Waals surface area (Å²) in [5, 5.41) is 9.71. The number of hydrogen-bond acceptors (Lipinski definition) is 6. The van der Waals surface area contributed by atoms with Crippen LogP contribution in [0.25, 0.3) is 10.2 Å². The smallest absolute Gasteiger partial charge is 0.331 e. The minimum atomic E-state index is -0.355. The molecule has 0 saturated heterocycles. The maximum Gasteiger partial charge on any atom is 0.331 e. The molecule has 198 valence electrons. The van der Waals surface area contributed by atoms with E-state index in [1.54, 1.807) is 17.2 Å². The van der Waals surface area contributed by atoms with Crippen molar-refractivity contribution < 1.29 is 19.1 Å². The number of ether oxygens (including phenoxy) is 1. The van der Waals surface area contributed by atoms with E-state index in [1.807, 2.05) is 39.0 Å². The first-order chi connectivity index (χ1) is 18.3. The van der Waals surface area contributed by atoms with Crippen molar-refractivity contribution in [3.05, 3.63) is 53.6 Å². The molecule has 2 atom stereocenters. The summed E-state index contributed by atoms with van der Waals surface area (Å²) in [5.41, 5.74) is 2.73. The second kappa shape index (κ2) is 10.4. The molecule has 3 N–H and O–H groups in total. The van der Waals surface area contributed by atoms with E-state index >= 15 is 0 Å². The Kier molecular flexibility index (Phi) is 7.07. The number of pyridine rings is 1. The Bertz CT molecular complexity index is 1430. The van der Waals surface area contributed by atoms with Gasteiger partial charge in [-0.2, -0.15) is 0 Å². The zero-order valence-corrected chi connectivity index (χ0v) is 22.5. The summed E-state index contributed by atoms with van der Waals surface area (Å²) in [6.07, 6.45) is 6.41.